The van der Waals surface area contributed by atoms with Gasteiger partial charge in [0.1, 0.15) is 24.8 Å². The van der Waals surface area contributed by atoms with E-state index in [1.165, 1.54) is 12.1 Å². The molecule has 0 amide bonds. The maximum Gasteiger partial charge on any atom is 0.224 e. The Morgan fingerprint density at radius 1 is 0.963 bits per heavy atom. The van der Waals surface area contributed by atoms with Crippen molar-refractivity contribution in [3.63, 3.8) is 0 Å². The van der Waals surface area contributed by atoms with Crippen molar-refractivity contribution in [3.05, 3.63) is 66.1 Å². The molecule has 4 rings (SSSR count). The summed E-state index contributed by atoms with van der Waals surface area (Å²) in [4.78, 5) is 8.69. The van der Waals surface area contributed by atoms with Crippen LogP contribution in [-0.2, 0) is 6.42 Å². The lowest BCUT2D eigenvalue weighted by Crippen LogP contribution is -2.15. The normalized spacial score (nSPS) is 12.5. The van der Waals surface area contributed by atoms with Gasteiger partial charge in [-0.2, -0.15) is 4.98 Å². The zero-order valence-corrected chi connectivity index (χ0v) is 14.6. The first-order valence-corrected chi connectivity index (χ1v) is 8.74. The second-order valence-corrected chi connectivity index (χ2v) is 6.05. The molecule has 0 radical (unpaired) electrons. The standard InChI is InChI=1S/C20H19FN4O2/c21-15-3-1-14(2-4-15)7-9-22-20-23-10-8-19(25-20)24-16-5-6-17-18(13-16)27-12-11-26-17/h1-6,8,10,13H,7,9,11-12H2,(H2,22,23,24,25). The monoisotopic (exact) mass is 366 g/mol. The fourth-order valence-electron chi connectivity index (χ4n) is 2.75. The van der Waals surface area contributed by atoms with Gasteiger partial charge >= 0.3 is 0 Å². The van der Waals surface area contributed by atoms with Crippen LogP contribution in [0.25, 0.3) is 0 Å². The van der Waals surface area contributed by atoms with Gasteiger partial charge in [-0.05, 0) is 42.3 Å². The van der Waals surface area contributed by atoms with Crippen molar-refractivity contribution in [2.75, 3.05) is 30.4 Å². The van der Waals surface area contributed by atoms with Crippen molar-refractivity contribution in [2.45, 2.75) is 6.42 Å². The lowest BCUT2D eigenvalue weighted by Gasteiger charge is -2.19. The Balaban J connectivity index is 1.36. The highest BCUT2D eigenvalue weighted by Crippen LogP contribution is 2.33. The van der Waals surface area contributed by atoms with Gasteiger partial charge in [0.15, 0.2) is 11.5 Å². The highest BCUT2D eigenvalue weighted by atomic mass is 19.1. The van der Waals surface area contributed by atoms with Crippen LogP contribution in [0.15, 0.2) is 54.7 Å². The van der Waals surface area contributed by atoms with Gasteiger partial charge in [0.25, 0.3) is 0 Å². The van der Waals surface area contributed by atoms with E-state index in [2.05, 4.69) is 20.6 Å². The average Bonchev–Trinajstić information content (AvgIpc) is 2.70. The number of ether oxygens (including phenoxy) is 2. The van der Waals surface area contributed by atoms with Crippen LogP contribution in [-0.4, -0.2) is 29.7 Å². The SMILES string of the molecule is Fc1ccc(CCNc2nccc(Nc3ccc4c(c3)OCCO4)n2)cc1. The van der Waals surface area contributed by atoms with Crippen molar-refractivity contribution in [1.82, 2.24) is 9.97 Å². The third kappa shape index (κ3) is 4.44. The molecule has 6 nitrogen and oxygen atoms in total. The predicted octanol–water partition coefficient (Wildman–Crippen LogP) is 3.79. The topological polar surface area (TPSA) is 68.3 Å². The molecule has 0 atom stereocenters. The molecule has 27 heavy (non-hydrogen) atoms. The minimum atomic E-state index is -0.229. The maximum atomic E-state index is 12.9. The molecule has 0 aliphatic carbocycles. The molecule has 7 heteroatoms. The Bertz CT molecular complexity index is 918. The molecular weight excluding hydrogens is 347 g/mol. The molecule has 0 saturated heterocycles. The van der Waals surface area contributed by atoms with Gasteiger partial charge in [0.2, 0.25) is 5.95 Å². The van der Waals surface area contributed by atoms with Crippen LogP contribution in [0.4, 0.5) is 21.8 Å². The van der Waals surface area contributed by atoms with E-state index in [1.807, 2.05) is 18.2 Å². The number of hydrogen-bond acceptors (Lipinski definition) is 6. The van der Waals surface area contributed by atoms with Gasteiger partial charge in [-0.1, -0.05) is 12.1 Å². The van der Waals surface area contributed by atoms with Crippen molar-refractivity contribution in [2.24, 2.45) is 0 Å². The third-order valence-corrected chi connectivity index (χ3v) is 4.08. The molecule has 1 aliphatic rings. The minimum absolute atomic E-state index is 0.229. The Hall–Kier alpha value is -3.35. The maximum absolute atomic E-state index is 12.9. The Kier molecular flexibility index (Phi) is 5.00. The molecule has 0 saturated carbocycles. The smallest absolute Gasteiger partial charge is 0.224 e. The molecule has 0 unspecified atom stereocenters. The van der Waals surface area contributed by atoms with Crippen LogP contribution in [0, 0.1) is 5.82 Å². The van der Waals surface area contributed by atoms with E-state index in [0.717, 1.165) is 29.2 Å². The van der Waals surface area contributed by atoms with Crippen LogP contribution in [0.3, 0.4) is 0 Å². The average molecular weight is 366 g/mol. The summed E-state index contributed by atoms with van der Waals surface area (Å²) in [5.74, 6) is 2.44. The van der Waals surface area contributed by atoms with Gasteiger partial charge < -0.3 is 20.1 Å². The van der Waals surface area contributed by atoms with Crippen molar-refractivity contribution >= 4 is 17.5 Å². The number of halogens is 1. The summed E-state index contributed by atoms with van der Waals surface area (Å²) in [5.41, 5.74) is 1.91. The van der Waals surface area contributed by atoms with Crippen molar-refractivity contribution in [1.29, 1.82) is 0 Å². The first kappa shape index (κ1) is 17.1. The molecule has 1 aliphatic heterocycles. The number of fused-ring (bicyclic) bond motifs is 1. The molecule has 0 spiro atoms. The summed E-state index contributed by atoms with van der Waals surface area (Å²) in [6.07, 6.45) is 2.44. The number of anilines is 3. The number of rotatable bonds is 6. The number of nitrogens with one attached hydrogen (secondary N) is 2. The fourth-order valence-corrected chi connectivity index (χ4v) is 2.75. The van der Waals surface area contributed by atoms with Crippen molar-refractivity contribution < 1.29 is 13.9 Å². The highest BCUT2D eigenvalue weighted by molar-refractivity contribution is 5.62. The summed E-state index contributed by atoms with van der Waals surface area (Å²) in [6.45, 7) is 1.77. The number of hydrogen-bond donors (Lipinski definition) is 2. The quantitative estimate of drug-likeness (QED) is 0.692. The van der Waals surface area contributed by atoms with E-state index >= 15 is 0 Å². The van der Waals surface area contributed by atoms with E-state index in [4.69, 9.17) is 9.47 Å². The molecule has 1 aromatic heterocycles. The van der Waals surface area contributed by atoms with Crippen LogP contribution in [0.5, 0.6) is 11.5 Å². The van der Waals surface area contributed by atoms with E-state index < -0.39 is 0 Å². The predicted molar refractivity (Wildman–Crippen MR) is 101 cm³/mol. The largest absolute Gasteiger partial charge is 0.486 e. The second kappa shape index (κ2) is 7.90. The Morgan fingerprint density at radius 3 is 2.63 bits per heavy atom. The molecule has 2 heterocycles. The van der Waals surface area contributed by atoms with Gasteiger partial charge in [0, 0.05) is 24.5 Å². The molecule has 3 aromatic rings. The van der Waals surface area contributed by atoms with Crippen LogP contribution in [0.1, 0.15) is 5.56 Å². The van der Waals surface area contributed by atoms with E-state index in [9.17, 15) is 4.39 Å². The molecule has 2 aromatic carbocycles. The first-order chi connectivity index (χ1) is 13.3. The molecule has 0 bridgehead atoms. The number of nitrogens with zero attached hydrogens (tertiary/aromatic N) is 2. The lowest BCUT2D eigenvalue weighted by atomic mass is 10.1. The van der Waals surface area contributed by atoms with Crippen LogP contribution in [0.2, 0.25) is 0 Å². The second-order valence-electron chi connectivity index (χ2n) is 6.05. The third-order valence-electron chi connectivity index (χ3n) is 4.08. The zero-order chi connectivity index (χ0) is 18.5. The summed E-state index contributed by atoms with van der Waals surface area (Å²) >= 11 is 0. The molecule has 2 N–H and O–H groups in total. The van der Waals surface area contributed by atoms with Gasteiger partial charge in [-0.3, -0.25) is 0 Å². The molecule has 138 valence electrons. The summed E-state index contributed by atoms with van der Waals surface area (Å²) in [6, 6.07) is 13.9. The van der Waals surface area contributed by atoms with Crippen molar-refractivity contribution in [3.8, 4) is 11.5 Å². The first-order valence-electron chi connectivity index (χ1n) is 8.74. The van der Waals surface area contributed by atoms with E-state index in [-0.39, 0.29) is 5.82 Å². The summed E-state index contributed by atoms with van der Waals surface area (Å²) < 4.78 is 24.1. The highest BCUT2D eigenvalue weighted by Gasteiger charge is 2.12. The lowest BCUT2D eigenvalue weighted by molar-refractivity contribution is 0.171. The number of aromatic nitrogens is 2. The van der Waals surface area contributed by atoms with Crippen LogP contribution >= 0.6 is 0 Å². The molecule has 0 fully saturated rings. The van der Waals surface area contributed by atoms with Gasteiger partial charge in [0.05, 0.1) is 0 Å². The summed E-state index contributed by atoms with van der Waals surface area (Å²) in [5, 5.41) is 6.42. The fraction of sp³-hybridized carbons (Fsp3) is 0.200. The summed E-state index contributed by atoms with van der Waals surface area (Å²) in [7, 11) is 0. The number of benzene rings is 2. The Labute approximate surface area is 156 Å². The molecular formula is C20H19FN4O2. The van der Waals surface area contributed by atoms with Crippen LogP contribution < -0.4 is 20.1 Å². The van der Waals surface area contributed by atoms with E-state index in [0.29, 0.717) is 31.5 Å². The zero-order valence-electron chi connectivity index (χ0n) is 14.6. The van der Waals surface area contributed by atoms with E-state index in [1.54, 1.807) is 24.4 Å². The Morgan fingerprint density at radius 2 is 1.78 bits per heavy atom. The minimum Gasteiger partial charge on any atom is -0.486 e. The van der Waals surface area contributed by atoms with Gasteiger partial charge in [-0.15, -0.1) is 0 Å². The van der Waals surface area contributed by atoms with Gasteiger partial charge in [-0.25, -0.2) is 9.37 Å².